The summed E-state index contributed by atoms with van der Waals surface area (Å²) in [5.41, 5.74) is 2.15. The van der Waals surface area contributed by atoms with E-state index in [1.807, 2.05) is 48.2 Å². The summed E-state index contributed by atoms with van der Waals surface area (Å²) in [7, 11) is 0. The van der Waals surface area contributed by atoms with Crippen molar-refractivity contribution in [2.24, 2.45) is 0 Å². The molecule has 2 aromatic rings. The maximum absolute atomic E-state index is 13.3. The first kappa shape index (κ1) is 24.4. The number of amides is 2. The highest BCUT2D eigenvalue weighted by atomic mass is 16.2. The van der Waals surface area contributed by atoms with E-state index < -0.39 is 0 Å². The fourth-order valence-electron chi connectivity index (χ4n) is 5.00. The molecular formula is C28H38N4O2. The van der Waals surface area contributed by atoms with E-state index in [4.69, 9.17) is 0 Å². The smallest absolute Gasteiger partial charge is 0.237 e. The number of benzene rings is 2. The molecule has 2 saturated heterocycles. The fourth-order valence-corrected chi connectivity index (χ4v) is 5.00. The Balaban J connectivity index is 1.31. The van der Waals surface area contributed by atoms with Crippen molar-refractivity contribution in [2.75, 3.05) is 45.8 Å². The van der Waals surface area contributed by atoms with Gasteiger partial charge in [-0.25, -0.2) is 0 Å². The highest BCUT2D eigenvalue weighted by molar-refractivity contribution is 5.82. The molecule has 0 radical (unpaired) electrons. The van der Waals surface area contributed by atoms with Crippen molar-refractivity contribution < 1.29 is 9.59 Å². The zero-order valence-electron chi connectivity index (χ0n) is 20.4. The van der Waals surface area contributed by atoms with Crippen LogP contribution in [0.25, 0.3) is 0 Å². The van der Waals surface area contributed by atoms with Crippen LogP contribution in [0.4, 0.5) is 0 Å². The molecule has 1 atom stereocenters. The molecule has 182 valence electrons. The Morgan fingerprint density at radius 2 is 1.29 bits per heavy atom. The number of hydrogen-bond donors (Lipinski definition) is 1. The fraction of sp³-hybridized carbons (Fsp3) is 0.500. The molecule has 4 rings (SSSR count). The van der Waals surface area contributed by atoms with Crippen molar-refractivity contribution in [1.82, 2.24) is 20.0 Å². The van der Waals surface area contributed by atoms with Crippen LogP contribution in [0.2, 0.25) is 0 Å². The standard InChI is InChI=1S/C28H38N4O2/c1-23(28(34)29-27(24-12-6-4-7-13-24)25-14-8-5-9-15-25)31-20-18-30(19-21-31)22-26(33)32-16-10-2-3-11-17-32/h4-9,12-15,23,27H,2-3,10-11,16-22H2,1H3,(H,29,34)/t23-/m1/s1. The van der Waals surface area contributed by atoms with E-state index in [0.717, 1.165) is 63.2 Å². The third-order valence-electron chi connectivity index (χ3n) is 7.20. The molecule has 1 N–H and O–H groups in total. The minimum Gasteiger partial charge on any atom is -0.344 e. The molecule has 2 fully saturated rings. The molecule has 0 bridgehead atoms. The summed E-state index contributed by atoms with van der Waals surface area (Å²) >= 11 is 0. The molecule has 6 heteroatoms. The SMILES string of the molecule is C[C@H](C(=O)NC(c1ccccc1)c1ccccc1)N1CCN(CC(=O)N2CCCCCC2)CC1. The van der Waals surface area contributed by atoms with Gasteiger partial charge in [0.2, 0.25) is 11.8 Å². The number of carbonyl (C=O) groups is 2. The molecule has 2 amide bonds. The second-order valence-corrected chi connectivity index (χ2v) is 9.55. The Morgan fingerprint density at radius 1 is 0.765 bits per heavy atom. The Labute approximate surface area is 203 Å². The lowest BCUT2D eigenvalue weighted by atomic mass is 9.98. The van der Waals surface area contributed by atoms with Gasteiger partial charge in [-0.3, -0.25) is 19.4 Å². The van der Waals surface area contributed by atoms with Crippen LogP contribution >= 0.6 is 0 Å². The average molecular weight is 463 g/mol. The zero-order chi connectivity index (χ0) is 23.8. The van der Waals surface area contributed by atoms with Gasteiger partial charge >= 0.3 is 0 Å². The molecule has 34 heavy (non-hydrogen) atoms. The second kappa shape index (κ2) is 12.1. The number of likely N-dealkylation sites (tertiary alicyclic amines) is 1. The molecule has 0 unspecified atom stereocenters. The van der Waals surface area contributed by atoms with E-state index in [2.05, 4.69) is 39.4 Å². The lowest BCUT2D eigenvalue weighted by molar-refractivity contribution is -0.134. The maximum Gasteiger partial charge on any atom is 0.237 e. The van der Waals surface area contributed by atoms with E-state index >= 15 is 0 Å². The van der Waals surface area contributed by atoms with Crippen molar-refractivity contribution in [2.45, 2.75) is 44.7 Å². The van der Waals surface area contributed by atoms with Crippen molar-refractivity contribution in [3.8, 4) is 0 Å². The summed E-state index contributed by atoms with van der Waals surface area (Å²) in [6, 6.07) is 19.8. The van der Waals surface area contributed by atoms with E-state index in [9.17, 15) is 9.59 Å². The molecular weight excluding hydrogens is 424 g/mol. The van der Waals surface area contributed by atoms with Crippen molar-refractivity contribution in [1.29, 1.82) is 0 Å². The third-order valence-corrected chi connectivity index (χ3v) is 7.20. The van der Waals surface area contributed by atoms with Gasteiger partial charge in [0.15, 0.2) is 0 Å². The molecule has 0 saturated carbocycles. The summed E-state index contributed by atoms with van der Waals surface area (Å²) in [6.45, 7) is 7.52. The van der Waals surface area contributed by atoms with E-state index in [1.165, 1.54) is 12.8 Å². The lowest BCUT2D eigenvalue weighted by Crippen LogP contribution is -2.55. The predicted molar refractivity (Wildman–Crippen MR) is 135 cm³/mol. The summed E-state index contributed by atoms with van der Waals surface area (Å²) in [6.07, 6.45) is 4.72. The Hall–Kier alpha value is -2.70. The van der Waals surface area contributed by atoms with Gasteiger partial charge in [0.25, 0.3) is 0 Å². The van der Waals surface area contributed by atoms with E-state index in [1.54, 1.807) is 0 Å². The zero-order valence-corrected chi connectivity index (χ0v) is 20.4. The Morgan fingerprint density at radius 3 is 1.82 bits per heavy atom. The van der Waals surface area contributed by atoms with Gasteiger partial charge in [-0.15, -0.1) is 0 Å². The molecule has 0 spiro atoms. The number of nitrogens with zero attached hydrogens (tertiary/aromatic N) is 3. The van der Waals surface area contributed by atoms with Crippen LogP contribution in [-0.4, -0.2) is 78.4 Å². The Kier molecular flexibility index (Phi) is 8.72. The average Bonchev–Trinajstić information content (AvgIpc) is 3.18. The largest absolute Gasteiger partial charge is 0.344 e. The van der Waals surface area contributed by atoms with Crippen LogP contribution in [0.15, 0.2) is 60.7 Å². The minimum absolute atomic E-state index is 0.0341. The van der Waals surface area contributed by atoms with Crippen molar-refractivity contribution in [3.05, 3.63) is 71.8 Å². The quantitative estimate of drug-likeness (QED) is 0.686. The molecule has 2 aliphatic heterocycles. The van der Waals surface area contributed by atoms with Crippen LogP contribution in [-0.2, 0) is 9.59 Å². The van der Waals surface area contributed by atoms with Crippen LogP contribution in [0.3, 0.4) is 0 Å². The van der Waals surface area contributed by atoms with Crippen molar-refractivity contribution >= 4 is 11.8 Å². The summed E-state index contributed by atoms with van der Waals surface area (Å²) in [5.74, 6) is 0.293. The minimum atomic E-state index is -0.224. The molecule has 0 aromatic heterocycles. The molecule has 0 aliphatic carbocycles. The molecule has 2 aromatic carbocycles. The highest BCUT2D eigenvalue weighted by Crippen LogP contribution is 2.22. The van der Waals surface area contributed by atoms with Gasteiger partial charge in [-0.1, -0.05) is 73.5 Å². The van der Waals surface area contributed by atoms with Crippen LogP contribution in [0.1, 0.15) is 49.8 Å². The first-order valence-electron chi connectivity index (χ1n) is 12.8. The van der Waals surface area contributed by atoms with Gasteiger partial charge in [0, 0.05) is 39.3 Å². The van der Waals surface area contributed by atoms with E-state index in [0.29, 0.717) is 6.54 Å². The van der Waals surface area contributed by atoms with Crippen LogP contribution in [0.5, 0.6) is 0 Å². The summed E-state index contributed by atoms with van der Waals surface area (Å²) < 4.78 is 0. The third kappa shape index (κ3) is 6.45. The van der Waals surface area contributed by atoms with Crippen LogP contribution in [0, 0.1) is 0 Å². The first-order valence-corrected chi connectivity index (χ1v) is 12.8. The van der Waals surface area contributed by atoms with Gasteiger partial charge < -0.3 is 10.2 Å². The highest BCUT2D eigenvalue weighted by Gasteiger charge is 2.29. The topological polar surface area (TPSA) is 55.9 Å². The number of carbonyl (C=O) groups excluding carboxylic acids is 2. The number of piperazine rings is 1. The molecule has 2 aliphatic rings. The summed E-state index contributed by atoms with van der Waals surface area (Å²) in [5, 5.41) is 3.28. The normalized spacial score (nSPS) is 18.9. The summed E-state index contributed by atoms with van der Waals surface area (Å²) in [4.78, 5) is 32.5. The molecule has 2 heterocycles. The Bertz CT molecular complexity index is 865. The number of hydrogen-bond acceptors (Lipinski definition) is 4. The van der Waals surface area contributed by atoms with Crippen LogP contribution < -0.4 is 5.32 Å². The van der Waals surface area contributed by atoms with Gasteiger partial charge in [-0.2, -0.15) is 0 Å². The lowest BCUT2D eigenvalue weighted by Gasteiger charge is -2.38. The van der Waals surface area contributed by atoms with E-state index in [-0.39, 0.29) is 23.9 Å². The first-order chi connectivity index (χ1) is 16.6. The number of rotatable bonds is 7. The monoisotopic (exact) mass is 462 g/mol. The predicted octanol–water partition coefficient (Wildman–Crippen LogP) is 3.30. The second-order valence-electron chi connectivity index (χ2n) is 9.55. The van der Waals surface area contributed by atoms with Gasteiger partial charge in [0.1, 0.15) is 0 Å². The van der Waals surface area contributed by atoms with Crippen molar-refractivity contribution in [3.63, 3.8) is 0 Å². The maximum atomic E-state index is 13.3. The molecule has 6 nitrogen and oxygen atoms in total. The number of nitrogens with one attached hydrogen (secondary N) is 1. The van der Waals surface area contributed by atoms with Gasteiger partial charge in [0.05, 0.1) is 18.6 Å². The van der Waals surface area contributed by atoms with Gasteiger partial charge in [-0.05, 0) is 30.9 Å².